The van der Waals surface area contributed by atoms with E-state index in [1.54, 1.807) is 0 Å². The van der Waals surface area contributed by atoms with E-state index in [2.05, 4.69) is 20.4 Å². The molecule has 3 rings (SSSR count). The molecule has 0 unspecified atom stereocenters. The van der Waals surface area contributed by atoms with Crippen LogP contribution in [0.15, 0.2) is 59.7 Å². The minimum Gasteiger partial charge on any atom is -0.318 e. The quantitative estimate of drug-likeness (QED) is 0.364. The summed E-state index contributed by atoms with van der Waals surface area (Å²) in [5.74, 6) is -1.79. The average Bonchev–Trinajstić information content (AvgIpc) is 2.95. The van der Waals surface area contributed by atoms with Crippen molar-refractivity contribution in [1.29, 1.82) is 0 Å². The highest BCUT2D eigenvalue weighted by Gasteiger charge is 2.14. The Labute approximate surface area is 178 Å². The number of hydrazone groups is 1. The lowest BCUT2D eigenvalue weighted by molar-refractivity contribution is -0.136. The molecule has 1 aromatic heterocycles. The van der Waals surface area contributed by atoms with E-state index in [4.69, 9.17) is 23.2 Å². The lowest BCUT2D eigenvalue weighted by atomic mass is 10.2. The van der Waals surface area contributed by atoms with Gasteiger partial charge in [0.25, 0.3) is 0 Å². The van der Waals surface area contributed by atoms with Crippen molar-refractivity contribution in [3.63, 3.8) is 0 Å². The van der Waals surface area contributed by atoms with Crippen molar-refractivity contribution >= 4 is 46.9 Å². The zero-order chi connectivity index (χ0) is 21.0. The molecule has 148 valence electrons. The molecule has 0 atom stereocenters. The molecule has 8 heteroatoms. The summed E-state index contributed by atoms with van der Waals surface area (Å²) in [4.78, 5) is 24.0. The number of nitrogens with zero attached hydrogens (tertiary/aromatic N) is 2. The number of aryl methyl sites for hydroxylation is 1. The molecule has 0 aliphatic heterocycles. The van der Waals surface area contributed by atoms with E-state index in [-0.39, 0.29) is 0 Å². The number of rotatable bonds is 4. The van der Waals surface area contributed by atoms with E-state index in [0.29, 0.717) is 15.7 Å². The second-order valence-corrected chi connectivity index (χ2v) is 7.18. The standard InChI is InChI=1S/C21H18Cl2N4O2/c1-13-8-15(14(2)27(13)19-6-4-3-5-7-19)12-24-26-21(29)20(28)25-18-10-16(22)9-17(23)11-18/h3-12H,1-2H3,(H,25,28)(H,26,29)/b24-12-. The van der Waals surface area contributed by atoms with Gasteiger partial charge in [0.1, 0.15) is 0 Å². The fraction of sp³-hybridized carbons (Fsp3) is 0.0952. The Bertz CT molecular complexity index is 1070. The van der Waals surface area contributed by atoms with Crippen LogP contribution in [0.1, 0.15) is 17.0 Å². The van der Waals surface area contributed by atoms with E-state index in [1.807, 2.05) is 50.2 Å². The van der Waals surface area contributed by atoms with Gasteiger partial charge in [-0.05, 0) is 50.2 Å². The van der Waals surface area contributed by atoms with Crippen LogP contribution in [0.3, 0.4) is 0 Å². The lowest BCUT2D eigenvalue weighted by Gasteiger charge is -2.09. The highest BCUT2D eigenvalue weighted by molar-refractivity contribution is 6.40. The minimum atomic E-state index is -0.908. The third kappa shape index (κ3) is 5.04. The number of amides is 2. The van der Waals surface area contributed by atoms with Gasteiger partial charge in [0.2, 0.25) is 0 Å². The number of nitrogens with one attached hydrogen (secondary N) is 2. The molecule has 0 fully saturated rings. The predicted molar refractivity (Wildman–Crippen MR) is 116 cm³/mol. The van der Waals surface area contributed by atoms with Gasteiger partial charge in [-0.2, -0.15) is 5.10 Å². The number of hydrogen-bond acceptors (Lipinski definition) is 3. The predicted octanol–water partition coefficient (Wildman–Crippen LogP) is 4.49. The maximum Gasteiger partial charge on any atom is 0.329 e. The molecule has 2 amide bonds. The number of para-hydroxylation sites is 1. The molecule has 2 aromatic carbocycles. The van der Waals surface area contributed by atoms with E-state index < -0.39 is 11.8 Å². The van der Waals surface area contributed by atoms with Gasteiger partial charge in [0.05, 0.1) is 6.21 Å². The van der Waals surface area contributed by atoms with Crippen molar-refractivity contribution in [3.8, 4) is 5.69 Å². The highest BCUT2D eigenvalue weighted by atomic mass is 35.5. The van der Waals surface area contributed by atoms with E-state index >= 15 is 0 Å². The summed E-state index contributed by atoms with van der Waals surface area (Å²) in [6, 6.07) is 16.4. The maximum absolute atomic E-state index is 12.0. The number of aromatic nitrogens is 1. The Morgan fingerprint density at radius 3 is 2.28 bits per heavy atom. The number of carbonyl (C=O) groups is 2. The van der Waals surface area contributed by atoms with E-state index in [0.717, 1.165) is 22.6 Å². The zero-order valence-corrected chi connectivity index (χ0v) is 17.3. The highest BCUT2D eigenvalue weighted by Crippen LogP contribution is 2.22. The van der Waals surface area contributed by atoms with Crippen molar-refractivity contribution < 1.29 is 9.59 Å². The molecule has 0 spiro atoms. The molecule has 0 saturated carbocycles. The van der Waals surface area contributed by atoms with Gasteiger partial charge < -0.3 is 9.88 Å². The normalized spacial score (nSPS) is 10.9. The summed E-state index contributed by atoms with van der Waals surface area (Å²) in [5, 5.41) is 7.01. The van der Waals surface area contributed by atoms with Crippen LogP contribution in [0, 0.1) is 13.8 Å². The number of carbonyl (C=O) groups excluding carboxylic acids is 2. The van der Waals surface area contributed by atoms with Crippen LogP contribution in [0.4, 0.5) is 5.69 Å². The van der Waals surface area contributed by atoms with Crippen LogP contribution in [-0.4, -0.2) is 22.6 Å². The Balaban J connectivity index is 1.66. The summed E-state index contributed by atoms with van der Waals surface area (Å²) in [6.07, 6.45) is 1.50. The van der Waals surface area contributed by atoms with Crippen LogP contribution in [0.25, 0.3) is 5.69 Å². The van der Waals surface area contributed by atoms with Crippen molar-refractivity contribution in [2.45, 2.75) is 13.8 Å². The van der Waals surface area contributed by atoms with E-state index in [1.165, 1.54) is 24.4 Å². The summed E-state index contributed by atoms with van der Waals surface area (Å²) in [6.45, 7) is 3.94. The fourth-order valence-electron chi connectivity index (χ4n) is 2.92. The molecule has 1 heterocycles. The number of benzene rings is 2. The molecule has 2 N–H and O–H groups in total. The summed E-state index contributed by atoms with van der Waals surface area (Å²) < 4.78 is 2.08. The minimum absolute atomic E-state index is 0.318. The van der Waals surface area contributed by atoms with E-state index in [9.17, 15) is 9.59 Å². The first-order valence-corrected chi connectivity index (χ1v) is 9.45. The first-order valence-electron chi connectivity index (χ1n) is 8.70. The molecule has 0 bridgehead atoms. The summed E-state index contributed by atoms with van der Waals surface area (Å²) in [7, 11) is 0. The van der Waals surface area contributed by atoms with Crippen LogP contribution in [0.2, 0.25) is 10.0 Å². The Hall–Kier alpha value is -3.09. The first-order chi connectivity index (χ1) is 13.8. The fourth-order valence-corrected chi connectivity index (χ4v) is 3.44. The second-order valence-electron chi connectivity index (χ2n) is 6.31. The van der Waals surface area contributed by atoms with Gasteiger partial charge in [-0.1, -0.05) is 41.4 Å². The molecule has 3 aromatic rings. The molecule has 0 aliphatic carbocycles. The van der Waals surface area contributed by atoms with Gasteiger partial charge in [-0.25, -0.2) is 5.43 Å². The molecule has 29 heavy (non-hydrogen) atoms. The topological polar surface area (TPSA) is 75.5 Å². The third-order valence-corrected chi connectivity index (χ3v) is 4.62. The van der Waals surface area contributed by atoms with Gasteiger partial charge >= 0.3 is 11.8 Å². The largest absolute Gasteiger partial charge is 0.329 e. The number of halogens is 2. The Morgan fingerprint density at radius 2 is 1.62 bits per heavy atom. The number of hydrogen-bond donors (Lipinski definition) is 2. The Kier molecular flexibility index (Phi) is 6.36. The van der Waals surface area contributed by atoms with Crippen LogP contribution < -0.4 is 10.7 Å². The third-order valence-electron chi connectivity index (χ3n) is 4.18. The van der Waals surface area contributed by atoms with Crippen molar-refractivity contribution in [2.75, 3.05) is 5.32 Å². The second kappa shape index (κ2) is 8.94. The zero-order valence-electron chi connectivity index (χ0n) is 15.7. The van der Waals surface area contributed by atoms with Gasteiger partial charge in [0, 0.05) is 38.4 Å². The monoisotopic (exact) mass is 428 g/mol. The molecule has 0 aliphatic rings. The van der Waals surface area contributed by atoms with Crippen LogP contribution in [0.5, 0.6) is 0 Å². The van der Waals surface area contributed by atoms with Crippen molar-refractivity contribution in [2.24, 2.45) is 5.10 Å². The molecule has 0 radical (unpaired) electrons. The first kappa shape index (κ1) is 20.6. The summed E-state index contributed by atoms with van der Waals surface area (Å²) >= 11 is 11.8. The van der Waals surface area contributed by atoms with Gasteiger partial charge in [0.15, 0.2) is 0 Å². The SMILES string of the molecule is Cc1cc(/C=N\NC(=O)C(=O)Nc2cc(Cl)cc(Cl)c2)c(C)n1-c1ccccc1. The Morgan fingerprint density at radius 1 is 0.966 bits per heavy atom. The molecule has 6 nitrogen and oxygen atoms in total. The van der Waals surface area contributed by atoms with Crippen LogP contribution in [-0.2, 0) is 9.59 Å². The van der Waals surface area contributed by atoms with Crippen molar-refractivity contribution in [3.05, 3.63) is 81.6 Å². The number of anilines is 1. The van der Waals surface area contributed by atoms with Gasteiger partial charge in [-0.15, -0.1) is 0 Å². The summed E-state index contributed by atoms with van der Waals surface area (Å²) in [5.41, 5.74) is 6.39. The average molecular weight is 429 g/mol. The maximum atomic E-state index is 12.0. The molecular weight excluding hydrogens is 411 g/mol. The lowest BCUT2D eigenvalue weighted by Crippen LogP contribution is -2.32. The smallest absolute Gasteiger partial charge is 0.318 e. The van der Waals surface area contributed by atoms with Crippen LogP contribution >= 0.6 is 23.2 Å². The molecule has 0 saturated heterocycles. The van der Waals surface area contributed by atoms with Crippen molar-refractivity contribution in [1.82, 2.24) is 9.99 Å². The molecular formula is C21H18Cl2N4O2. The van der Waals surface area contributed by atoms with Gasteiger partial charge in [-0.3, -0.25) is 9.59 Å².